The van der Waals surface area contributed by atoms with E-state index in [9.17, 15) is 37.5 Å². The molecule has 0 heterocycles. The highest BCUT2D eigenvalue weighted by molar-refractivity contribution is 6.01. The van der Waals surface area contributed by atoms with Gasteiger partial charge in [0, 0.05) is 30.1 Å². The van der Waals surface area contributed by atoms with Gasteiger partial charge in [0.15, 0.2) is 22.8 Å². The average Bonchev–Trinajstić information content (AvgIpc) is 2.79. The highest BCUT2D eigenvalue weighted by Gasteiger charge is 2.74. The summed E-state index contributed by atoms with van der Waals surface area (Å²) in [5.74, 6) is -6.99. The molecule has 37 heavy (non-hydrogen) atoms. The van der Waals surface area contributed by atoms with E-state index in [0.717, 1.165) is 13.0 Å². The smallest absolute Gasteiger partial charge is 0.462 e. The van der Waals surface area contributed by atoms with Crippen LogP contribution in [0.5, 0.6) is 0 Å². The predicted octanol–water partition coefficient (Wildman–Crippen LogP) is 3.58. The van der Waals surface area contributed by atoms with Crippen molar-refractivity contribution in [1.29, 1.82) is 0 Å². The fourth-order valence-corrected chi connectivity index (χ4v) is 7.26. The Morgan fingerprint density at radius 1 is 1.19 bits per heavy atom. The van der Waals surface area contributed by atoms with Crippen LogP contribution in [0.1, 0.15) is 53.4 Å². The van der Waals surface area contributed by atoms with Gasteiger partial charge < -0.3 is 14.6 Å². The van der Waals surface area contributed by atoms with Crippen molar-refractivity contribution in [3.05, 3.63) is 23.8 Å². The first kappa shape index (κ1) is 27.5. The third kappa shape index (κ3) is 3.87. The summed E-state index contributed by atoms with van der Waals surface area (Å²) < 4.78 is 67.2. The van der Waals surface area contributed by atoms with Gasteiger partial charge in [-0.25, -0.2) is 9.18 Å². The van der Waals surface area contributed by atoms with Crippen LogP contribution >= 0.6 is 0 Å². The number of hydrogen-bond donors (Lipinski definition) is 1. The van der Waals surface area contributed by atoms with E-state index in [1.54, 1.807) is 6.92 Å². The number of rotatable bonds is 3. The average molecular weight is 531 g/mol. The molecule has 204 valence electrons. The number of aliphatic hydroxyl groups is 1. The fraction of sp³-hybridized carbons (Fsp3) is 0.692. The number of ether oxygens (including phenoxy) is 2. The lowest BCUT2D eigenvalue weighted by atomic mass is 9.41. The van der Waals surface area contributed by atoms with Gasteiger partial charge in [0.25, 0.3) is 0 Å². The zero-order valence-corrected chi connectivity index (χ0v) is 21.0. The lowest BCUT2D eigenvalue weighted by Gasteiger charge is -2.65. The Labute approximate surface area is 211 Å². The topological polar surface area (TPSA) is 107 Å². The number of ketones is 2. The molecule has 8 atom stereocenters. The molecule has 4 aliphatic carbocycles. The summed E-state index contributed by atoms with van der Waals surface area (Å²) in [6.45, 7) is 4.93. The van der Waals surface area contributed by atoms with Gasteiger partial charge in [0.1, 0.15) is 12.7 Å². The van der Waals surface area contributed by atoms with Gasteiger partial charge in [-0.2, -0.15) is 13.2 Å². The SMILES string of the molecule is CC(=O)OC[C@]1(O)C(=O)[C@@]2(C)C[C@H](OC(=O)C(F)(F)F)[C@@]3(F)C(CCC4=CC(=O)C=C[C@@]43C)C2C[C@@H]1C. The van der Waals surface area contributed by atoms with Crippen LogP contribution in [0, 0.1) is 28.6 Å². The minimum absolute atomic E-state index is 0.0990. The van der Waals surface area contributed by atoms with Crippen LogP contribution in [0.2, 0.25) is 0 Å². The maximum absolute atomic E-state index is 17.6. The second-order valence-electron chi connectivity index (χ2n) is 11.3. The van der Waals surface area contributed by atoms with E-state index in [1.165, 1.54) is 26.0 Å². The number of carbonyl (C=O) groups excluding carboxylic acids is 4. The van der Waals surface area contributed by atoms with Gasteiger partial charge in [-0.3, -0.25) is 14.4 Å². The van der Waals surface area contributed by atoms with Crippen LogP contribution in [0.3, 0.4) is 0 Å². The molecule has 0 aromatic rings. The third-order valence-electron chi connectivity index (χ3n) is 9.32. The van der Waals surface area contributed by atoms with Crippen LogP contribution in [-0.2, 0) is 28.7 Å². The van der Waals surface area contributed by atoms with Crippen LogP contribution < -0.4 is 0 Å². The molecule has 0 spiro atoms. The summed E-state index contributed by atoms with van der Waals surface area (Å²) in [6, 6.07) is 0. The molecule has 3 saturated carbocycles. The molecule has 0 saturated heterocycles. The summed E-state index contributed by atoms with van der Waals surface area (Å²) in [5, 5.41) is 11.3. The highest BCUT2D eigenvalue weighted by atomic mass is 19.4. The van der Waals surface area contributed by atoms with E-state index in [2.05, 4.69) is 0 Å². The predicted molar refractivity (Wildman–Crippen MR) is 119 cm³/mol. The van der Waals surface area contributed by atoms with E-state index in [4.69, 9.17) is 9.47 Å². The van der Waals surface area contributed by atoms with Gasteiger partial charge in [-0.05, 0) is 50.2 Å². The van der Waals surface area contributed by atoms with Gasteiger partial charge in [-0.15, -0.1) is 0 Å². The molecule has 0 amide bonds. The largest absolute Gasteiger partial charge is 0.490 e. The molecule has 0 aliphatic heterocycles. The summed E-state index contributed by atoms with van der Waals surface area (Å²) in [4.78, 5) is 49.3. The Hall–Kier alpha value is -2.56. The lowest BCUT2D eigenvalue weighted by molar-refractivity contribution is -0.250. The lowest BCUT2D eigenvalue weighted by Crippen LogP contribution is -2.73. The molecule has 7 nitrogen and oxygen atoms in total. The van der Waals surface area contributed by atoms with Crippen molar-refractivity contribution in [3.8, 4) is 0 Å². The van der Waals surface area contributed by atoms with E-state index >= 15 is 4.39 Å². The number of hydrogen-bond acceptors (Lipinski definition) is 7. The second-order valence-corrected chi connectivity index (χ2v) is 11.3. The minimum atomic E-state index is -5.41. The first-order chi connectivity index (χ1) is 16.9. The van der Waals surface area contributed by atoms with Gasteiger partial charge in [-0.1, -0.05) is 25.5 Å². The molecule has 11 heteroatoms. The van der Waals surface area contributed by atoms with Crippen molar-refractivity contribution in [1.82, 2.24) is 0 Å². The molecular formula is C26H30F4O7. The molecule has 1 N–H and O–H groups in total. The van der Waals surface area contributed by atoms with E-state index in [-0.39, 0.29) is 25.0 Å². The normalized spacial score (nSPS) is 43.2. The van der Waals surface area contributed by atoms with Gasteiger partial charge >= 0.3 is 18.1 Å². The maximum atomic E-state index is 17.6. The number of fused-ring (bicyclic) bond motifs is 5. The highest BCUT2D eigenvalue weighted by Crippen LogP contribution is 2.68. The molecule has 4 rings (SSSR count). The monoisotopic (exact) mass is 530 g/mol. The Morgan fingerprint density at radius 2 is 1.84 bits per heavy atom. The Bertz CT molecular complexity index is 1110. The van der Waals surface area contributed by atoms with Crippen molar-refractivity contribution in [2.24, 2.45) is 28.6 Å². The molecule has 0 aromatic heterocycles. The first-order valence-corrected chi connectivity index (χ1v) is 12.2. The Kier molecular flexibility index (Phi) is 6.29. The van der Waals surface area contributed by atoms with Gasteiger partial charge in [0.05, 0.1) is 0 Å². The van der Waals surface area contributed by atoms with Crippen molar-refractivity contribution < 1.29 is 51.3 Å². The van der Waals surface area contributed by atoms with E-state index in [1.807, 2.05) is 0 Å². The van der Waals surface area contributed by atoms with Crippen molar-refractivity contribution >= 4 is 23.5 Å². The molecule has 2 unspecified atom stereocenters. The number of Topliss-reactive ketones (excluding diaryl/α,β-unsaturated/α-hetero) is 1. The third-order valence-corrected chi connectivity index (χ3v) is 9.32. The van der Waals surface area contributed by atoms with Crippen LogP contribution in [-0.4, -0.2) is 58.8 Å². The molecule has 0 radical (unpaired) electrons. The van der Waals surface area contributed by atoms with Gasteiger partial charge in [0.2, 0.25) is 0 Å². The standard InChI is InChI=1S/C26H30F4O7/c1-13-9-18-17-6-5-15-10-16(32)7-8-23(15,4)25(17,27)19(37-21(34)26(28,29)30)11-22(18,3)20(33)24(13,35)12-36-14(2)31/h7-8,10,13,17-19,35H,5-6,9,11-12H2,1-4H3/t13-,17?,18?,19-,22-,23-,24+,25-/m0/s1. The zero-order chi connectivity index (χ0) is 27.8. The summed E-state index contributed by atoms with van der Waals surface area (Å²) in [7, 11) is 0. The summed E-state index contributed by atoms with van der Waals surface area (Å²) in [6.07, 6.45) is -3.82. The Morgan fingerprint density at radius 3 is 2.43 bits per heavy atom. The quantitative estimate of drug-likeness (QED) is 0.439. The first-order valence-electron chi connectivity index (χ1n) is 12.2. The summed E-state index contributed by atoms with van der Waals surface area (Å²) >= 11 is 0. The molecular weight excluding hydrogens is 500 g/mol. The number of halogens is 4. The molecule has 0 aromatic carbocycles. The molecule has 0 bridgehead atoms. The van der Waals surface area contributed by atoms with E-state index in [0.29, 0.717) is 5.57 Å². The Balaban J connectivity index is 1.84. The van der Waals surface area contributed by atoms with E-state index < -0.39 is 82.9 Å². The molecule has 4 aliphatic rings. The number of alkyl halides is 4. The van der Waals surface area contributed by atoms with Crippen LogP contribution in [0.25, 0.3) is 0 Å². The maximum Gasteiger partial charge on any atom is 0.490 e. The number of carbonyl (C=O) groups is 4. The summed E-state index contributed by atoms with van der Waals surface area (Å²) in [5.41, 5.74) is -7.46. The zero-order valence-electron chi connectivity index (χ0n) is 21.0. The minimum Gasteiger partial charge on any atom is -0.462 e. The second kappa shape index (κ2) is 8.47. The van der Waals surface area contributed by atoms with Crippen molar-refractivity contribution in [3.63, 3.8) is 0 Å². The van der Waals surface area contributed by atoms with Crippen LogP contribution in [0.15, 0.2) is 23.8 Å². The van der Waals surface area contributed by atoms with Crippen molar-refractivity contribution in [2.45, 2.75) is 76.9 Å². The van der Waals surface area contributed by atoms with Crippen molar-refractivity contribution in [2.75, 3.05) is 6.61 Å². The number of allylic oxidation sites excluding steroid dienone is 4. The molecule has 3 fully saturated rings. The fourth-order valence-electron chi connectivity index (χ4n) is 7.26. The number of esters is 2. The van der Waals surface area contributed by atoms with Crippen LogP contribution in [0.4, 0.5) is 17.6 Å².